The lowest BCUT2D eigenvalue weighted by atomic mass is 9.81. The van der Waals surface area contributed by atoms with Crippen molar-refractivity contribution in [1.82, 2.24) is 14.8 Å². The number of pyridine rings is 1. The average Bonchev–Trinajstić information content (AvgIpc) is 2.72. The van der Waals surface area contributed by atoms with E-state index in [0.29, 0.717) is 32.5 Å². The number of carbonyl (C=O) groups is 2. The van der Waals surface area contributed by atoms with Gasteiger partial charge in [-0.1, -0.05) is 24.3 Å². The number of piperidine rings is 1. The van der Waals surface area contributed by atoms with E-state index in [0.717, 1.165) is 16.7 Å². The summed E-state index contributed by atoms with van der Waals surface area (Å²) >= 11 is 0. The van der Waals surface area contributed by atoms with E-state index in [1.54, 1.807) is 12.4 Å². The normalized spacial score (nSPS) is 19.5. The van der Waals surface area contributed by atoms with Crippen LogP contribution in [0.3, 0.4) is 0 Å². The topological polar surface area (TPSA) is 53.5 Å². The van der Waals surface area contributed by atoms with E-state index >= 15 is 0 Å². The Labute approximate surface area is 167 Å². The standard InChI is InChI=1S/C23H29N3O2/c1-4-25(16-18-12-14-24-15-13-18)23(28)20-10-11-21(27)26(5-2)22(20)19-9-7-6-8-17(19)3/h6-9,12-15,20,22H,4-5,10-11,16H2,1-3H3/t20-,22+/m1/s1. The number of nitrogens with zero attached hydrogens (tertiary/aromatic N) is 3. The molecule has 3 rings (SSSR count). The van der Waals surface area contributed by atoms with Gasteiger partial charge in [-0.25, -0.2) is 0 Å². The molecule has 148 valence electrons. The molecular formula is C23H29N3O2. The Morgan fingerprint density at radius 2 is 1.89 bits per heavy atom. The summed E-state index contributed by atoms with van der Waals surface area (Å²) in [6.45, 7) is 7.86. The van der Waals surface area contributed by atoms with Crippen LogP contribution in [0.1, 0.15) is 49.4 Å². The van der Waals surface area contributed by atoms with Gasteiger partial charge in [-0.3, -0.25) is 14.6 Å². The molecule has 5 heteroatoms. The molecule has 1 fully saturated rings. The summed E-state index contributed by atoms with van der Waals surface area (Å²) in [7, 11) is 0. The van der Waals surface area contributed by atoms with Crippen LogP contribution in [0.2, 0.25) is 0 Å². The highest BCUT2D eigenvalue weighted by Crippen LogP contribution is 2.39. The van der Waals surface area contributed by atoms with Crippen molar-refractivity contribution in [2.24, 2.45) is 5.92 Å². The van der Waals surface area contributed by atoms with Gasteiger partial charge < -0.3 is 9.80 Å². The third-order valence-electron chi connectivity index (χ3n) is 5.69. The molecule has 0 bridgehead atoms. The second kappa shape index (κ2) is 9.00. The molecule has 1 aliphatic rings. The minimum atomic E-state index is -0.222. The fourth-order valence-corrected chi connectivity index (χ4v) is 4.18. The minimum absolute atomic E-state index is 0.124. The summed E-state index contributed by atoms with van der Waals surface area (Å²) in [6.07, 6.45) is 4.53. The van der Waals surface area contributed by atoms with Crippen molar-refractivity contribution in [2.75, 3.05) is 13.1 Å². The van der Waals surface area contributed by atoms with Gasteiger partial charge in [0.15, 0.2) is 0 Å². The van der Waals surface area contributed by atoms with Crippen molar-refractivity contribution in [3.8, 4) is 0 Å². The summed E-state index contributed by atoms with van der Waals surface area (Å²) in [5.74, 6) is 0.0380. The Bertz CT molecular complexity index is 822. The van der Waals surface area contributed by atoms with Crippen LogP contribution in [-0.2, 0) is 16.1 Å². The zero-order valence-electron chi connectivity index (χ0n) is 17.0. The second-order valence-electron chi connectivity index (χ2n) is 7.33. The van der Waals surface area contributed by atoms with Crippen LogP contribution in [0.15, 0.2) is 48.8 Å². The predicted octanol–water partition coefficient (Wildman–Crippen LogP) is 3.74. The Morgan fingerprint density at radius 3 is 2.54 bits per heavy atom. The van der Waals surface area contributed by atoms with Gasteiger partial charge in [-0.2, -0.15) is 0 Å². The molecule has 2 heterocycles. The molecule has 0 spiro atoms. The summed E-state index contributed by atoms with van der Waals surface area (Å²) in [5, 5.41) is 0. The Kier molecular flexibility index (Phi) is 6.45. The Hall–Kier alpha value is -2.69. The third-order valence-corrected chi connectivity index (χ3v) is 5.69. The molecule has 1 aromatic carbocycles. The van der Waals surface area contributed by atoms with Crippen LogP contribution in [0, 0.1) is 12.8 Å². The van der Waals surface area contributed by atoms with Crippen LogP contribution in [0.5, 0.6) is 0 Å². The zero-order chi connectivity index (χ0) is 20.1. The quantitative estimate of drug-likeness (QED) is 0.768. The molecule has 5 nitrogen and oxygen atoms in total. The lowest BCUT2D eigenvalue weighted by Crippen LogP contribution is -2.49. The monoisotopic (exact) mass is 379 g/mol. The molecule has 28 heavy (non-hydrogen) atoms. The minimum Gasteiger partial charge on any atom is -0.338 e. The molecule has 0 saturated carbocycles. The first-order chi connectivity index (χ1) is 13.6. The molecule has 0 unspecified atom stereocenters. The summed E-state index contributed by atoms with van der Waals surface area (Å²) < 4.78 is 0. The zero-order valence-corrected chi connectivity index (χ0v) is 17.0. The van der Waals surface area contributed by atoms with Gasteiger partial charge in [-0.05, 0) is 56.0 Å². The predicted molar refractivity (Wildman–Crippen MR) is 109 cm³/mol. The lowest BCUT2D eigenvalue weighted by Gasteiger charge is -2.42. The Morgan fingerprint density at radius 1 is 1.18 bits per heavy atom. The first-order valence-electron chi connectivity index (χ1n) is 10.1. The number of aryl methyl sites for hydroxylation is 1. The highest BCUT2D eigenvalue weighted by Gasteiger charge is 2.41. The highest BCUT2D eigenvalue weighted by atomic mass is 16.2. The molecule has 2 amide bonds. The largest absolute Gasteiger partial charge is 0.338 e. The number of rotatable bonds is 6. The van der Waals surface area contributed by atoms with Crippen molar-refractivity contribution >= 4 is 11.8 Å². The molecule has 1 aliphatic heterocycles. The highest BCUT2D eigenvalue weighted by molar-refractivity contribution is 5.85. The van der Waals surface area contributed by atoms with Gasteiger partial charge in [0, 0.05) is 38.4 Å². The number of likely N-dealkylation sites (tertiary alicyclic amines) is 1. The van der Waals surface area contributed by atoms with Crippen LogP contribution in [-0.4, -0.2) is 39.7 Å². The Balaban J connectivity index is 1.93. The molecule has 0 radical (unpaired) electrons. The number of carbonyl (C=O) groups excluding carboxylic acids is 2. The number of hydrogen-bond donors (Lipinski definition) is 0. The third kappa shape index (κ3) is 4.08. The lowest BCUT2D eigenvalue weighted by molar-refractivity contribution is -0.148. The number of benzene rings is 1. The molecule has 1 aromatic heterocycles. The van der Waals surface area contributed by atoms with Crippen molar-refractivity contribution in [3.05, 3.63) is 65.5 Å². The van der Waals surface area contributed by atoms with Crippen LogP contribution in [0.25, 0.3) is 0 Å². The van der Waals surface area contributed by atoms with Gasteiger partial charge in [0.1, 0.15) is 0 Å². The van der Waals surface area contributed by atoms with Gasteiger partial charge in [0.05, 0.1) is 12.0 Å². The average molecular weight is 380 g/mol. The first kappa shape index (κ1) is 20.1. The molecule has 0 aliphatic carbocycles. The van der Waals surface area contributed by atoms with Crippen molar-refractivity contribution in [3.63, 3.8) is 0 Å². The van der Waals surface area contributed by atoms with Crippen molar-refractivity contribution in [1.29, 1.82) is 0 Å². The number of aromatic nitrogens is 1. The smallest absolute Gasteiger partial charge is 0.228 e. The maximum Gasteiger partial charge on any atom is 0.228 e. The van der Waals surface area contributed by atoms with E-state index in [2.05, 4.69) is 24.0 Å². The number of amides is 2. The van der Waals surface area contributed by atoms with Gasteiger partial charge in [0.25, 0.3) is 0 Å². The maximum absolute atomic E-state index is 13.6. The van der Waals surface area contributed by atoms with E-state index in [1.807, 2.05) is 47.9 Å². The summed E-state index contributed by atoms with van der Waals surface area (Å²) in [5.41, 5.74) is 3.27. The van der Waals surface area contributed by atoms with E-state index in [9.17, 15) is 9.59 Å². The second-order valence-corrected chi connectivity index (χ2v) is 7.33. The van der Waals surface area contributed by atoms with E-state index < -0.39 is 0 Å². The summed E-state index contributed by atoms with van der Waals surface area (Å²) in [4.78, 5) is 34.0. The van der Waals surface area contributed by atoms with E-state index in [1.165, 1.54) is 0 Å². The van der Waals surface area contributed by atoms with Gasteiger partial charge >= 0.3 is 0 Å². The van der Waals surface area contributed by atoms with E-state index in [-0.39, 0.29) is 23.8 Å². The van der Waals surface area contributed by atoms with Crippen LogP contribution >= 0.6 is 0 Å². The fraction of sp³-hybridized carbons (Fsp3) is 0.435. The molecule has 2 atom stereocenters. The number of hydrogen-bond acceptors (Lipinski definition) is 3. The van der Waals surface area contributed by atoms with Crippen molar-refractivity contribution in [2.45, 2.75) is 46.2 Å². The SMILES string of the molecule is CCN(Cc1ccncc1)C(=O)[C@@H]1CCC(=O)N(CC)[C@H]1c1ccccc1C. The van der Waals surface area contributed by atoms with Gasteiger partial charge in [0.2, 0.25) is 11.8 Å². The molecule has 1 saturated heterocycles. The summed E-state index contributed by atoms with van der Waals surface area (Å²) in [6, 6.07) is 11.8. The van der Waals surface area contributed by atoms with E-state index in [4.69, 9.17) is 0 Å². The maximum atomic E-state index is 13.6. The van der Waals surface area contributed by atoms with Crippen LogP contribution < -0.4 is 0 Å². The molecular weight excluding hydrogens is 350 g/mol. The van der Waals surface area contributed by atoms with Gasteiger partial charge in [-0.15, -0.1) is 0 Å². The molecule has 2 aromatic rings. The first-order valence-corrected chi connectivity index (χ1v) is 10.1. The fourth-order valence-electron chi connectivity index (χ4n) is 4.18. The molecule has 0 N–H and O–H groups in total. The van der Waals surface area contributed by atoms with Crippen LogP contribution in [0.4, 0.5) is 0 Å². The van der Waals surface area contributed by atoms with Crippen molar-refractivity contribution < 1.29 is 9.59 Å².